The maximum Gasteiger partial charge on any atom is 0.107 e. The van der Waals surface area contributed by atoms with Crippen LogP contribution in [0.2, 0.25) is 0 Å². The molecule has 0 aliphatic carbocycles. The summed E-state index contributed by atoms with van der Waals surface area (Å²) in [6.07, 6.45) is 4.72. The van der Waals surface area contributed by atoms with Crippen LogP contribution in [0, 0.1) is 6.92 Å². The molecule has 0 amide bonds. The molecule has 0 radical (unpaired) electrons. The summed E-state index contributed by atoms with van der Waals surface area (Å²) in [4.78, 5) is 4.81. The maximum atomic E-state index is 2.44. The Kier molecular flexibility index (Phi) is 4.89. The summed E-state index contributed by atoms with van der Waals surface area (Å²) in [5.41, 5.74) is 6.82. The van der Waals surface area contributed by atoms with Gasteiger partial charge < -0.3 is 9.80 Å². The van der Waals surface area contributed by atoms with E-state index in [9.17, 15) is 0 Å². The van der Waals surface area contributed by atoms with E-state index in [4.69, 9.17) is 0 Å². The number of nitrogens with zero attached hydrogens (tertiary/aromatic N) is 2. The lowest BCUT2D eigenvalue weighted by Gasteiger charge is -2.34. The number of hydrogen-bond acceptors (Lipinski definition) is 2. The molecule has 2 heteroatoms. The molecular formula is C23H30N2. The van der Waals surface area contributed by atoms with Gasteiger partial charge in [0.25, 0.3) is 0 Å². The molecule has 0 saturated heterocycles. The van der Waals surface area contributed by atoms with Crippen LogP contribution in [0.15, 0.2) is 54.9 Å². The van der Waals surface area contributed by atoms with Crippen molar-refractivity contribution in [2.24, 2.45) is 0 Å². The second kappa shape index (κ2) is 6.95. The molecule has 0 bridgehead atoms. The highest BCUT2D eigenvalue weighted by Crippen LogP contribution is 2.39. The molecule has 2 aromatic carbocycles. The summed E-state index contributed by atoms with van der Waals surface area (Å²) in [6, 6.07) is 15.4. The van der Waals surface area contributed by atoms with E-state index in [0.29, 0.717) is 11.8 Å². The number of hydrogen-bond donors (Lipinski definition) is 0. The van der Waals surface area contributed by atoms with Gasteiger partial charge >= 0.3 is 0 Å². The number of aryl methyl sites for hydroxylation is 1. The SMILES string of the molecule is Cc1ccccc1N1C=CN(c2c(C(C)C)cccc2C(C)C)C1C. The summed E-state index contributed by atoms with van der Waals surface area (Å²) in [5.74, 6) is 1.00. The van der Waals surface area contributed by atoms with Crippen LogP contribution >= 0.6 is 0 Å². The molecule has 0 fully saturated rings. The third-order valence-electron chi connectivity index (χ3n) is 5.19. The van der Waals surface area contributed by atoms with Gasteiger partial charge in [-0.15, -0.1) is 0 Å². The molecule has 2 aromatic rings. The van der Waals surface area contributed by atoms with Gasteiger partial charge in [0.2, 0.25) is 0 Å². The average molecular weight is 335 g/mol. The molecule has 1 atom stereocenters. The molecule has 3 rings (SSSR count). The third kappa shape index (κ3) is 3.18. The number of anilines is 2. The average Bonchev–Trinajstić information content (AvgIpc) is 2.95. The number of benzene rings is 2. The number of para-hydroxylation sites is 2. The Morgan fingerprint density at radius 2 is 1.32 bits per heavy atom. The van der Waals surface area contributed by atoms with E-state index in [0.717, 1.165) is 0 Å². The van der Waals surface area contributed by atoms with Crippen molar-refractivity contribution in [3.63, 3.8) is 0 Å². The first-order chi connectivity index (χ1) is 11.9. The van der Waals surface area contributed by atoms with Crippen LogP contribution in [-0.4, -0.2) is 6.17 Å². The van der Waals surface area contributed by atoms with E-state index in [-0.39, 0.29) is 6.17 Å². The fraction of sp³-hybridized carbons (Fsp3) is 0.391. The highest BCUT2D eigenvalue weighted by atomic mass is 15.4. The molecule has 0 spiro atoms. The van der Waals surface area contributed by atoms with Crippen LogP contribution in [0.4, 0.5) is 11.4 Å². The molecule has 1 aliphatic rings. The van der Waals surface area contributed by atoms with Crippen LogP contribution in [0.1, 0.15) is 63.1 Å². The number of rotatable bonds is 4. The van der Waals surface area contributed by atoms with Gasteiger partial charge in [-0.05, 0) is 48.4 Å². The van der Waals surface area contributed by atoms with Crippen LogP contribution in [0.3, 0.4) is 0 Å². The Morgan fingerprint density at radius 3 is 1.88 bits per heavy atom. The Labute approximate surface area is 152 Å². The molecule has 25 heavy (non-hydrogen) atoms. The Morgan fingerprint density at radius 1 is 0.760 bits per heavy atom. The van der Waals surface area contributed by atoms with E-state index in [2.05, 4.69) is 106 Å². The first-order valence-electron chi connectivity index (χ1n) is 9.35. The minimum absolute atomic E-state index is 0.262. The zero-order valence-corrected chi connectivity index (χ0v) is 16.3. The van der Waals surface area contributed by atoms with E-state index in [1.807, 2.05) is 0 Å². The molecular weight excluding hydrogens is 304 g/mol. The normalized spacial score (nSPS) is 17.2. The lowest BCUT2D eigenvalue weighted by molar-refractivity contribution is 0.727. The highest BCUT2D eigenvalue weighted by molar-refractivity contribution is 5.69. The van der Waals surface area contributed by atoms with Gasteiger partial charge in [-0.1, -0.05) is 64.1 Å². The van der Waals surface area contributed by atoms with Crippen molar-refractivity contribution >= 4 is 11.4 Å². The van der Waals surface area contributed by atoms with Crippen LogP contribution < -0.4 is 9.80 Å². The topological polar surface area (TPSA) is 6.48 Å². The van der Waals surface area contributed by atoms with Gasteiger partial charge in [0, 0.05) is 23.8 Å². The molecule has 1 unspecified atom stereocenters. The Hall–Kier alpha value is -2.22. The Bertz CT molecular complexity index is 747. The van der Waals surface area contributed by atoms with Crippen LogP contribution in [0.5, 0.6) is 0 Å². The Balaban J connectivity index is 2.05. The minimum Gasteiger partial charge on any atom is -0.325 e. The van der Waals surface area contributed by atoms with Crippen molar-refractivity contribution in [1.29, 1.82) is 0 Å². The maximum absolute atomic E-state index is 2.44. The first kappa shape index (κ1) is 17.6. The molecule has 2 nitrogen and oxygen atoms in total. The van der Waals surface area contributed by atoms with Gasteiger partial charge in [-0.3, -0.25) is 0 Å². The smallest absolute Gasteiger partial charge is 0.107 e. The van der Waals surface area contributed by atoms with E-state index < -0.39 is 0 Å². The zero-order chi connectivity index (χ0) is 18.1. The predicted molar refractivity (Wildman–Crippen MR) is 109 cm³/mol. The molecule has 0 aromatic heterocycles. The van der Waals surface area contributed by atoms with Crippen molar-refractivity contribution < 1.29 is 0 Å². The summed E-state index contributed by atoms with van der Waals surface area (Å²) in [5, 5.41) is 0. The molecule has 1 aliphatic heterocycles. The first-order valence-corrected chi connectivity index (χ1v) is 9.35. The van der Waals surface area contributed by atoms with Crippen molar-refractivity contribution in [2.45, 2.75) is 59.5 Å². The van der Waals surface area contributed by atoms with Crippen molar-refractivity contribution in [3.05, 3.63) is 71.6 Å². The molecule has 0 saturated carbocycles. The summed E-state index contributed by atoms with van der Waals surface area (Å²) in [7, 11) is 0. The lowest BCUT2D eigenvalue weighted by atomic mass is 9.92. The largest absolute Gasteiger partial charge is 0.325 e. The molecule has 132 valence electrons. The lowest BCUT2D eigenvalue weighted by Crippen LogP contribution is -2.37. The second-order valence-corrected chi connectivity index (χ2v) is 7.63. The van der Waals surface area contributed by atoms with Crippen LogP contribution in [-0.2, 0) is 0 Å². The third-order valence-corrected chi connectivity index (χ3v) is 5.19. The van der Waals surface area contributed by atoms with Gasteiger partial charge in [0.15, 0.2) is 0 Å². The zero-order valence-electron chi connectivity index (χ0n) is 16.3. The van der Waals surface area contributed by atoms with Gasteiger partial charge in [0.1, 0.15) is 6.17 Å². The van der Waals surface area contributed by atoms with E-state index in [1.165, 1.54) is 28.1 Å². The van der Waals surface area contributed by atoms with Gasteiger partial charge in [0.05, 0.1) is 0 Å². The highest BCUT2D eigenvalue weighted by Gasteiger charge is 2.29. The fourth-order valence-corrected chi connectivity index (χ4v) is 3.73. The minimum atomic E-state index is 0.262. The predicted octanol–water partition coefficient (Wildman–Crippen LogP) is 6.39. The fourth-order valence-electron chi connectivity index (χ4n) is 3.73. The quantitative estimate of drug-likeness (QED) is 0.639. The van der Waals surface area contributed by atoms with Crippen LogP contribution in [0.25, 0.3) is 0 Å². The molecule has 1 heterocycles. The van der Waals surface area contributed by atoms with Crippen molar-refractivity contribution in [1.82, 2.24) is 0 Å². The van der Waals surface area contributed by atoms with Gasteiger partial charge in [-0.2, -0.15) is 0 Å². The second-order valence-electron chi connectivity index (χ2n) is 7.63. The summed E-state index contributed by atoms with van der Waals surface area (Å²) >= 11 is 0. The van der Waals surface area contributed by atoms with Gasteiger partial charge in [-0.25, -0.2) is 0 Å². The van der Waals surface area contributed by atoms with Crippen molar-refractivity contribution in [3.8, 4) is 0 Å². The molecule has 0 N–H and O–H groups in total. The monoisotopic (exact) mass is 334 g/mol. The summed E-state index contributed by atoms with van der Waals surface area (Å²) < 4.78 is 0. The summed E-state index contributed by atoms with van der Waals surface area (Å²) in [6.45, 7) is 13.6. The van der Waals surface area contributed by atoms with E-state index >= 15 is 0 Å². The van der Waals surface area contributed by atoms with E-state index in [1.54, 1.807) is 0 Å². The van der Waals surface area contributed by atoms with Crippen molar-refractivity contribution in [2.75, 3.05) is 9.80 Å². The standard InChI is InChI=1S/C23H30N2/c1-16(2)20-11-9-12-21(17(3)4)23(20)25-15-14-24(19(25)6)22-13-8-7-10-18(22)5/h7-17,19H,1-6H3.